The second-order valence-electron chi connectivity index (χ2n) is 3.92. The Bertz CT molecular complexity index is 553. The molecular weight excluding hydrogens is 206 g/mol. The number of aliphatic hydroxyl groups excluding tert-OH is 1. The zero-order chi connectivity index (χ0) is 11.7. The van der Waals surface area contributed by atoms with Crippen LogP contribution in [0.5, 0.6) is 0 Å². The largest absolute Gasteiger partial charge is 0.419 e. The van der Waals surface area contributed by atoms with Gasteiger partial charge in [0, 0.05) is 19.1 Å². The summed E-state index contributed by atoms with van der Waals surface area (Å²) >= 11 is 0. The van der Waals surface area contributed by atoms with Crippen molar-refractivity contribution >= 4 is 11.1 Å². The van der Waals surface area contributed by atoms with E-state index < -0.39 is 0 Å². The first-order valence-corrected chi connectivity index (χ1v) is 5.41. The Hall–Kier alpha value is -1.55. The smallest absolute Gasteiger partial charge is 0.408 e. The van der Waals surface area contributed by atoms with Crippen molar-refractivity contribution in [2.24, 2.45) is 0 Å². The number of nitrogens with zero attached hydrogens (tertiary/aromatic N) is 1. The van der Waals surface area contributed by atoms with E-state index >= 15 is 0 Å². The lowest BCUT2D eigenvalue weighted by Gasteiger charge is -2.07. The maximum Gasteiger partial charge on any atom is 0.419 e. The van der Waals surface area contributed by atoms with Gasteiger partial charge in [-0.3, -0.25) is 4.57 Å². The molecule has 1 atom stereocenters. The minimum atomic E-state index is -0.327. The molecule has 1 heterocycles. The summed E-state index contributed by atoms with van der Waals surface area (Å²) in [5, 5.41) is 9.10. The second-order valence-corrected chi connectivity index (χ2v) is 3.92. The van der Waals surface area contributed by atoms with Gasteiger partial charge in [-0.2, -0.15) is 0 Å². The van der Waals surface area contributed by atoms with Crippen LogP contribution in [0.2, 0.25) is 0 Å². The third-order valence-electron chi connectivity index (χ3n) is 2.85. The molecule has 86 valence electrons. The Morgan fingerprint density at radius 3 is 2.88 bits per heavy atom. The normalized spacial score (nSPS) is 13.2. The molecule has 4 heteroatoms. The SMILES string of the molecule is CCn1c(=O)oc2ccc(C(C)CO)cc21. The van der Waals surface area contributed by atoms with Gasteiger partial charge in [0.05, 0.1) is 5.52 Å². The van der Waals surface area contributed by atoms with Gasteiger partial charge in [0.15, 0.2) is 5.58 Å². The highest BCUT2D eigenvalue weighted by Gasteiger charge is 2.10. The molecule has 0 aliphatic rings. The van der Waals surface area contributed by atoms with Gasteiger partial charge < -0.3 is 9.52 Å². The predicted octanol–water partition coefficient (Wildman–Crippen LogP) is 1.71. The number of aliphatic hydroxyl groups is 1. The molecule has 0 amide bonds. The molecule has 0 fully saturated rings. The van der Waals surface area contributed by atoms with Gasteiger partial charge in [0.2, 0.25) is 0 Å². The summed E-state index contributed by atoms with van der Waals surface area (Å²) in [6.07, 6.45) is 0. The minimum Gasteiger partial charge on any atom is -0.408 e. The predicted molar refractivity (Wildman–Crippen MR) is 61.6 cm³/mol. The van der Waals surface area contributed by atoms with Gasteiger partial charge in [-0.15, -0.1) is 0 Å². The third kappa shape index (κ3) is 1.65. The Morgan fingerprint density at radius 1 is 1.50 bits per heavy atom. The Labute approximate surface area is 93.1 Å². The summed E-state index contributed by atoms with van der Waals surface area (Å²) in [6, 6.07) is 5.57. The van der Waals surface area contributed by atoms with E-state index in [2.05, 4.69) is 0 Å². The first-order chi connectivity index (χ1) is 7.67. The first-order valence-electron chi connectivity index (χ1n) is 5.41. The van der Waals surface area contributed by atoms with Crippen LogP contribution < -0.4 is 5.76 Å². The fourth-order valence-corrected chi connectivity index (χ4v) is 1.79. The molecule has 0 aliphatic heterocycles. The summed E-state index contributed by atoms with van der Waals surface area (Å²) in [6.45, 7) is 4.52. The van der Waals surface area contributed by atoms with Gasteiger partial charge >= 0.3 is 5.76 Å². The molecule has 4 nitrogen and oxygen atoms in total. The average Bonchev–Trinajstić information content (AvgIpc) is 2.62. The molecule has 1 aromatic heterocycles. The van der Waals surface area contributed by atoms with Crippen LogP contribution >= 0.6 is 0 Å². The van der Waals surface area contributed by atoms with E-state index in [-0.39, 0.29) is 18.3 Å². The van der Waals surface area contributed by atoms with Gasteiger partial charge in [0.1, 0.15) is 0 Å². The highest BCUT2D eigenvalue weighted by molar-refractivity contribution is 5.74. The van der Waals surface area contributed by atoms with Gasteiger partial charge in [-0.1, -0.05) is 13.0 Å². The Kier molecular flexibility index (Phi) is 2.83. The van der Waals surface area contributed by atoms with E-state index in [1.165, 1.54) is 0 Å². The monoisotopic (exact) mass is 221 g/mol. The summed E-state index contributed by atoms with van der Waals surface area (Å²) in [5.41, 5.74) is 2.41. The van der Waals surface area contributed by atoms with Crippen molar-refractivity contribution in [3.8, 4) is 0 Å². The summed E-state index contributed by atoms with van der Waals surface area (Å²) in [4.78, 5) is 11.5. The maximum atomic E-state index is 11.5. The van der Waals surface area contributed by atoms with Crippen molar-refractivity contribution in [2.45, 2.75) is 26.3 Å². The van der Waals surface area contributed by atoms with E-state index in [1.807, 2.05) is 26.0 Å². The van der Waals surface area contributed by atoms with E-state index in [9.17, 15) is 4.79 Å². The number of oxazole rings is 1. The maximum absolute atomic E-state index is 11.5. The molecule has 16 heavy (non-hydrogen) atoms. The molecule has 0 saturated carbocycles. The van der Waals surface area contributed by atoms with Crippen molar-refractivity contribution < 1.29 is 9.52 Å². The van der Waals surface area contributed by atoms with Crippen molar-refractivity contribution in [1.82, 2.24) is 4.57 Å². The van der Waals surface area contributed by atoms with E-state index in [4.69, 9.17) is 9.52 Å². The summed E-state index contributed by atoms with van der Waals surface area (Å²) in [7, 11) is 0. The molecule has 1 N–H and O–H groups in total. The highest BCUT2D eigenvalue weighted by atomic mass is 16.4. The van der Waals surface area contributed by atoms with Crippen LogP contribution in [-0.4, -0.2) is 16.3 Å². The minimum absolute atomic E-state index is 0.0692. The van der Waals surface area contributed by atoms with Crippen molar-refractivity contribution in [1.29, 1.82) is 0 Å². The van der Waals surface area contributed by atoms with Gasteiger partial charge in [-0.05, 0) is 24.6 Å². The fraction of sp³-hybridized carbons (Fsp3) is 0.417. The number of aromatic nitrogens is 1. The lowest BCUT2D eigenvalue weighted by Crippen LogP contribution is -2.12. The molecule has 1 unspecified atom stereocenters. The number of benzene rings is 1. The summed E-state index contributed by atoms with van der Waals surface area (Å²) in [5.74, 6) is -0.258. The lowest BCUT2D eigenvalue weighted by atomic mass is 10.0. The average molecular weight is 221 g/mol. The topological polar surface area (TPSA) is 55.4 Å². The molecule has 0 saturated heterocycles. The number of hydrogen-bond acceptors (Lipinski definition) is 3. The van der Waals surface area contributed by atoms with Crippen LogP contribution in [-0.2, 0) is 6.54 Å². The highest BCUT2D eigenvalue weighted by Crippen LogP contribution is 2.20. The van der Waals surface area contributed by atoms with E-state index in [0.717, 1.165) is 11.1 Å². The van der Waals surface area contributed by atoms with Crippen LogP contribution in [0.25, 0.3) is 11.1 Å². The molecule has 0 spiro atoms. The Balaban J connectivity index is 2.64. The summed E-state index contributed by atoms with van der Waals surface area (Å²) < 4.78 is 6.69. The molecule has 0 aliphatic carbocycles. The zero-order valence-electron chi connectivity index (χ0n) is 9.43. The quantitative estimate of drug-likeness (QED) is 0.858. The van der Waals surface area contributed by atoms with Crippen LogP contribution in [0.15, 0.2) is 27.4 Å². The second kappa shape index (κ2) is 4.14. The molecule has 2 rings (SSSR count). The van der Waals surface area contributed by atoms with Gasteiger partial charge in [-0.25, -0.2) is 4.79 Å². The number of hydrogen-bond donors (Lipinski definition) is 1. The van der Waals surface area contributed by atoms with E-state index in [1.54, 1.807) is 10.6 Å². The molecular formula is C12H15NO3. The van der Waals surface area contributed by atoms with Crippen LogP contribution in [0, 0.1) is 0 Å². The standard InChI is InChI=1S/C12H15NO3/c1-3-13-10-6-9(8(2)7-14)4-5-11(10)16-12(13)15/h4-6,8,14H,3,7H2,1-2H3. The third-order valence-corrected chi connectivity index (χ3v) is 2.85. The number of aryl methyl sites for hydroxylation is 1. The molecule has 1 aromatic carbocycles. The van der Waals surface area contributed by atoms with Crippen molar-refractivity contribution in [3.05, 3.63) is 34.3 Å². The van der Waals surface area contributed by atoms with Crippen molar-refractivity contribution in [3.63, 3.8) is 0 Å². The fourth-order valence-electron chi connectivity index (χ4n) is 1.79. The van der Waals surface area contributed by atoms with Crippen LogP contribution in [0.1, 0.15) is 25.3 Å². The Morgan fingerprint density at radius 2 is 2.25 bits per heavy atom. The number of rotatable bonds is 3. The van der Waals surface area contributed by atoms with Gasteiger partial charge in [0.25, 0.3) is 0 Å². The number of fused-ring (bicyclic) bond motifs is 1. The van der Waals surface area contributed by atoms with Crippen LogP contribution in [0.4, 0.5) is 0 Å². The molecule has 2 aromatic rings. The zero-order valence-corrected chi connectivity index (χ0v) is 9.43. The molecule has 0 bridgehead atoms. The van der Waals surface area contributed by atoms with E-state index in [0.29, 0.717) is 12.1 Å². The first kappa shape index (κ1) is 11.0. The molecule has 0 radical (unpaired) electrons. The van der Waals surface area contributed by atoms with Crippen molar-refractivity contribution in [2.75, 3.05) is 6.61 Å². The van der Waals surface area contributed by atoms with Crippen LogP contribution in [0.3, 0.4) is 0 Å². The lowest BCUT2D eigenvalue weighted by molar-refractivity contribution is 0.273.